The van der Waals surface area contributed by atoms with E-state index in [-0.39, 0.29) is 29.3 Å². The maximum absolute atomic E-state index is 12.0. The van der Waals surface area contributed by atoms with Gasteiger partial charge in [0.05, 0.1) is 22.5 Å². The maximum atomic E-state index is 12.0. The van der Waals surface area contributed by atoms with Gasteiger partial charge in [0.15, 0.2) is 6.29 Å². The number of carbonyl (C=O) groups is 2. The number of anilines is 2. The summed E-state index contributed by atoms with van der Waals surface area (Å²) in [6, 6.07) is 8.10. The molecule has 0 aliphatic carbocycles. The van der Waals surface area contributed by atoms with Crippen molar-refractivity contribution >= 4 is 34.8 Å². The van der Waals surface area contributed by atoms with Crippen molar-refractivity contribution in [3.8, 4) is 5.75 Å². The van der Waals surface area contributed by atoms with Gasteiger partial charge in [-0.25, -0.2) is 0 Å². The molecule has 0 heterocycles. The Morgan fingerprint density at radius 3 is 2.45 bits per heavy atom. The quantitative estimate of drug-likeness (QED) is 0.159. The first-order chi connectivity index (χ1) is 14.8. The molecule has 0 saturated heterocycles. The number of ketones is 1. The van der Waals surface area contributed by atoms with Gasteiger partial charge >= 0.3 is 0 Å². The Hall–Kier alpha value is -4.02. The van der Waals surface area contributed by atoms with Crippen molar-refractivity contribution in [2.45, 2.75) is 25.7 Å². The topological polar surface area (TPSA) is 168 Å². The highest BCUT2D eigenvalue weighted by Crippen LogP contribution is 2.28. The second-order valence-corrected chi connectivity index (χ2v) is 6.65. The van der Waals surface area contributed by atoms with Crippen LogP contribution in [0.1, 0.15) is 36.0 Å². The van der Waals surface area contributed by atoms with Gasteiger partial charge in [0, 0.05) is 42.8 Å². The van der Waals surface area contributed by atoms with Gasteiger partial charge in [-0.1, -0.05) is 0 Å². The lowest BCUT2D eigenvalue weighted by Gasteiger charge is -2.08. The van der Waals surface area contributed by atoms with E-state index < -0.39 is 9.85 Å². The zero-order chi connectivity index (χ0) is 22.8. The Morgan fingerprint density at radius 2 is 1.81 bits per heavy atom. The number of benzene rings is 2. The Morgan fingerprint density at radius 1 is 1.06 bits per heavy atom. The number of Topliss-reactive ketones (excluding diaryl/α,β-unsaturated/α-hetero) is 1. The molecule has 0 radical (unpaired) electrons. The van der Waals surface area contributed by atoms with Crippen LogP contribution < -0.4 is 15.8 Å². The Bertz CT molecular complexity index is 978. The molecule has 0 bridgehead atoms. The summed E-state index contributed by atoms with van der Waals surface area (Å²) in [4.78, 5) is 43.2. The van der Waals surface area contributed by atoms with Crippen LogP contribution in [0, 0.1) is 20.2 Å². The molecule has 0 atom stereocenters. The van der Waals surface area contributed by atoms with Gasteiger partial charge in [0.2, 0.25) is 0 Å². The second-order valence-electron chi connectivity index (χ2n) is 6.65. The number of nitrogen functional groups attached to an aromatic ring is 1. The lowest BCUT2D eigenvalue weighted by atomic mass is 10.1. The molecule has 0 fully saturated rings. The first-order valence-corrected chi connectivity index (χ1v) is 9.47. The van der Waals surface area contributed by atoms with Crippen LogP contribution >= 0.6 is 0 Å². The molecule has 0 aliphatic heterocycles. The summed E-state index contributed by atoms with van der Waals surface area (Å²) in [7, 11) is 0. The number of nitrogens with zero attached hydrogens (tertiary/aromatic N) is 2. The van der Waals surface area contributed by atoms with E-state index in [9.17, 15) is 29.8 Å². The number of nitrogens with two attached hydrogens (primary N) is 1. The van der Waals surface area contributed by atoms with Gasteiger partial charge in [-0.3, -0.25) is 29.8 Å². The number of non-ortho nitro benzene ring substituents is 1. The van der Waals surface area contributed by atoms with Crippen molar-refractivity contribution in [1.82, 2.24) is 0 Å². The molecule has 0 aliphatic rings. The fraction of sp³-hybridized carbons (Fsp3) is 0.300. The molecule has 11 heteroatoms. The Kier molecular flexibility index (Phi) is 8.43. The third kappa shape index (κ3) is 7.07. The van der Waals surface area contributed by atoms with Crippen molar-refractivity contribution < 1.29 is 24.2 Å². The highest BCUT2D eigenvalue weighted by atomic mass is 16.6. The van der Waals surface area contributed by atoms with Crippen LogP contribution in [-0.4, -0.2) is 35.1 Å². The predicted octanol–water partition coefficient (Wildman–Crippen LogP) is 3.52. The summed E-state index contributed by atoms with van der Waals surface area (Å²) in [5, 5.41) is 24.7. The van der Waals surface area contributed by atoms with Gasteiger partial charge in [-0.2, -0.15) is 0 Å². The zero-order valence-electron chi connectivity index (χ0n) is 16.6. The van der Waals surface area contributed by atoms with E-state index in [1.807, 2.05) is 0 Å². The van der Waals surface area contributed by atoms with Crippen LogP contribution in [-0.2, 0) is 4.79 Å². The minimum absolute atomic E-state index is 0.0272. The smallest absolute Gasteiger partial charge is 0.299 e. The number of nitrogens with one attached hydrogen (secondary N) is 1. The van der Waals surface area contributed by atoms with E-state index in [0.29, 0.717) is 55.7 Å². The van der Waals surface area contributed by atoms with Crippen molar-refractivity contribution in [3.05, 3.63) is 62.2 Å². The van der Waals surface area contributed by atoms with Crippen LogP contribution in [0.2, 0.25) is 0 Å². The number of aldehydes is 1. The molecule has 11 nitrogen and oxygen atoms in total. The number of hydrogen-bond acceptors (Lipinski definition) is 9. The lowest BCUT2D eigenvalue weighted by Crippen LogP contribution is -2.08. The van der Waals surface area contributed by atoms with Gasteiger partial charge < -0.3 is 15.8 Å². The zero-order valence-corrected chi connectivity index (χ0v) is 16.6. The van der Waals surface area contributed by atoms with Crippen LogP contribution in [0.15, 0.2) is 36.4 Å². The van der Waals surface area contributed by atoms with Crippen LogP contribution in [0.5, 0.6) is 5.75 Å². The van der Waals surface area contributed by atoms with Crippen molar-refractivity contribution in [1.29, 1.82) is 0 Å². The SMILES string of the molecule is Nc1cc(OCCCC(=O)CCCNc2ccc([N+](=O)[O-])cc2[N+](=O)[O-])ccc1C=O. The number of ether oxygens (including phenoxy) is 1. The molecule has 2 aromatic carbocycles. The number of hydrogen-bond donors (Lipinski definition) is 2. The molecular weight excluding hydrogens is 408 g/mol. The normalized spacial score (nSPS) is 10.3. The largest absolute Gasteiger partial charge is 0.494 e. The second kappa shape index (κ2) is 11.2. The third-order valence-corrected chi connectivity index (χ3v) is 4.39. The fourth-order valence-electron chi connectivity index (χ4n) is 2.78. The highest BCUT2D eigenvalue weighted by Gasteiger charge is 2.19. The molecule has 2 aromatic rings. The van der Waals surface area contributed by atoms with Crippen LogP contribution in [0.4, 0.5) is 22.7 Å². The van der Waals surface area contributed by atoms with Gasteiger partial charge in [-0.15, -0.1) is 0 Å². The van der Waals surface area contributed by atoms with Crippen LogP contribution in [0.3, 0.4) is 0 Å². The number of nitro benzene ring substituents is 2. The molecule has 0 aromatic heterocycles. The van der Waals surface area contributed by atoms with Gasteiger partial charge in [-0.05, 0) is 31.0 Å². The minimum atomic E-state index is -0.700. The number of carbonyl (C=O) groups excluding carboxylic acids is 2. The Labute approximate surface area is 177 Å². The van der Waals surface area contributed by atoms with E-state index in [1.54, 1.807) is 18.2 Å². The summed E-state index contributed by atoms with van der Waals surface area (Å²) < 4.78 is 5.51. The minimum Gasteiger partial charge on any atom is -0.494 e. The first-order valence-electron chi connectivity index (χ1n) is 9.47. The van der Waals surface area contributed by atoms with E-state index >= 15 is 0 Å². The molecule has 2 rings (SSSR count). The average molecular weight is 430 g/mol. The molecule has 164 valence electrons. The lowest BCUT2D eigenvalue weighted by molar-refractivity contribution is -0.393. The standard InChI is InChI=1S/C20H22N4O7/c21-18-12-17(7-5-14(18)13-25)31-10-2-4-16(26)3-1-9-22-19-8-6-15(23(27)28)11-20(19)24(29)30/h5-8,11-13,22H,1-4,9-10,21H2. The Balaban J connectivity index is 1.69. The molecule has 31 heavy (non-hydrogen) atoms. The van der Waals surface area contributed by atoms with E-state index in [4.69, 9.17) is 10.5 Å². The molecular formula is C20H22N4O7. The van der Waals surface area contributed by atoms with Gasteiger partial charge in [0.25, 0.3) is 11.4 Å². The van der Waals surface area contributed by atoms with Crippen molar-refractivity contribution in [3.63, 3.8) is 0 Å². The molecule has 0 saturated carbocycles. The van der Waals surface area contributed by atoms with Gasteiger partial charge in [0.1, 0.15) is 17.2 Å². The van der Waals surface area contributed by atoms with Crippen molar-refractivity contribution in [2.24, 2.45) is 0 Å². The molecule has 0 amide bonds. The summed E-state index contributed by atoms with van der Waals surface area (Å²) in [5.41, 5.74) is 5.82. The van der Waals surface area contributed by atoms with Crippen LogP contribution in [0.25, 0.3) is 0 Å². The fourth-order valence-corrected chi connectivity index (χ4v) is 2.78. The van der Waals surface area contributed by atoms with Crippen molar-refractivity contribution in [2.75, 3.05) is 24.2 Å². The summed E-state index contributed by atoms with van der Waals surface area (Å²) in [5.74, 6) is 0.545. The molecule has 0 spiro atoms. The maximum Gasteiger partial charge on any atom is 0.299 e. The first kappa shape index (κ1) is 23.3. The molecule has 3 N–H and O–H groups in total. The predicted molar refractivity (Wildman–Crippen MR) is 113 cm³/mol. The van der Waals surface area contributed by atoms with E-state index in [2.05, 4.69) is 5.32 Å². The summed E-state index contributed by atoms with van der Waals surface area (Å²) >= 11 is 0. The average Bonchev–Trinajstić information content (AvgIpc) is 2.74. The number of rotatable bonds is 13. The monoisotopic (exact) mass is 430 g/mol. The third-order valence-electron chi connectivity index (χ3n) is 4.39. The molecule has 0 unspecified atom stereocenters. The van der Waals surface area contributed by atoms with E-state index in [1.165, 1.54) is 12.1 Å². The summed E-state index contributed by atoms with van der Waals surface area (Å²) in [6.07, 6.45) is 2.23. The van der Waals surface area contributed by atoms with E-state index in [0.717, 1.165) is 6.07 Å². The number of nitro groups is 2. The highest BCUT2D eigenvalue weighted by molar-refractivity contribution is 5.83. The summed E-state index contributed by atoms with van der Waals surface area (Å²) in [6.45, 7) is 0.627.